The maximum Gasteiger partial charge on any atom is 0.151 e. The van der Waals surface area contributed by atoms with Crippen LogP contribution in [0, 0.1) is 0 Å². The molecule has 116 valence electrons. The van der Waals surface area contributed by atoms with Crippen LogP contribution in [0.1, 0.15) is 42.5 Å². The predicted molar refractivity (Wildman–Crippen MR) is 85.1 cm³/mol. The van der Waals surface area contributed by atoms with Crippen LogP contribution in [0.3, 0.4) is 0 Å². The molecule has 1 aromatic heterocycles. The maximum atomic E-state index is 10.3. The molecule has 1 heterocycles. The van der Waals surface area contributed by atoms with Crippen LogP contribution in [0.15, 0.2) is 12.3 Å². The number of carbonyl (C=O) groups excluding carboxylic acids is 2. The van der Waals surface area contributed by atoms with Gasteiger partial charge in [-0.1, -0.05) is 30.9 Å². The first-order chi connectivity index (χ1) is 10.2. The molecule has 0 amide bonds. The second kappa shape index (κ2) is 10.3. The van der Waals surface area contributed by atoms with Crippen molar-refractivity contribution in [2.75, 3.05) is 18.9 Å². The number of aromatic nitrogens is 1. The highest BCUT2D eigenvalue weighted by atomic mass is 35.5. The van der Waals surface area contributed by atoms with Gasteiger partial charge in [-0.15, -0.1) is 0 Å². The monoisotopic (exact) mass is 311 g/mol. The Hall–Kier alpha value is -1.46. The lowest BCUT2D eigenvalue weighted by atomic mass is 9.96. The Morgan fingerprint density at radius 2 is 2.05 bits per heavy atom. The molecule has 2 N–H and O–H groups in total. The van der Waals surface area contributed by atoms with Crippen molar-refractivity contribution in [2.24, 2.45) is 0 Å². The van der Waals surface area contributed by atoms with Gasteiger partial charge in [0.1, 0.15) is 12.1 Å². The fraction of sp³-hybridized carbons (Fsp3) is 0.533. The van der Waals surface area contributed by atoms with Crippen molar-refractivity contribution in [3.05, 3.63) is 22.8 Å². The fourth-order valence-electron chi connectivity index (χ4n) is 2.18. The summed E-state index contributed by atoms with van der Waals surface area (Å²) in [4.78, 5) is 24.2. The first-order valence-electron chi connectivity index (χ1n) is 7.16. The third kappa shape index (κ3) is 6.69. The van der Waals surface area contributed by atoms with Crippen LogP contribution in [-0.2, 0) is 4.79 Å². The second-order valence-corrected chi connectivity index (χ2v) is 5.30. The molecule has 0 spiro atoms. The molecule has 6 heteroatoms. The van der Waals surface area contributed by atoms with E-state index in [-0.39, 0.29) is 6.54 Å². The van der Waals surface area contributed by atoms with Crippen molar-refractivity contribution < 1.29 is 9.59 Å². The molecule has 1 fully saturated rings. The number of anilines is 1. The third-order valence-electron chi connectivity index (χ3n) is 3.36. The summed E-state index contributed by atoms with van der Waals surface area (Å²) in [5.41, 5.74) is 0.404. The van der Waals surface area contributed by atoms with Crippen molar-refractivity contribution in [2.45, 2.75) is 38.1 Å². The Kier molecular flexibility index (Phi) is 8.62. The largest absolute Gasteiger partial charge is 0.362 e. The van der Waals surface area contributed by atoms with Crippen LogP contribution >= 0.6 is 11.6 Å². The van der Waals surface area contributed by atoms with E-state index < -0.39 is 0 Å². The van der Waals surface area contributed by atoms with Gasteiger partial charge < -0.3 is 15.4 Å². The Morgan fingerprint density at radius 1 is 1.33 bits per heavy atom. The minimum absolute atomic E-state index is 0.146. The van der Waals surface area contributed by atoms with Gasteiger partial charge in [0.25, 0.3) is 0 Å². The van der Waals surface area contributed by atoms with Crippen LogP contribution in [0.5, 0.6) is 0 Å². The molecule has 1 aromatic rings. The highest BCUT2D eigenvalue weighted by Crippen LogP contribution is 2.18. The number of aldehydes is 2. The van der Waals surface area contributed by atoms with Gasteiger partial charge >= 0.3 is 0 Å². The summed E-state index contributed by atoms with van der Waals surface area (Å²) in [6.07, 6.45) is 9.86. The zero-order valence-corrected chi connectivity index (χ0v) is 13.0. The Morgan fingerprint density at radius 3 is 2.52 bits per heavy atom. The van der Waals surface area contributed by atoms with E-state index in [1.807, 2.05) is 0 Å². The molecule has 0 aliphatic heterocycles. The van der Waals surface area contributed by atoms with Gasteiger partial charge in [-0.25, -0.2) is 4.98 Å². The number of nitrogens with zero attached hydrogens (tertiary/aromatic N) is 1. The first-order valence-corrected chi connectivity index (χ1v) is 7.54. The molecular formula is C15H22ClN3O2. The van der Waals surface area contributed by atoms with Crippen LogP contribution in [0.4, 0.5) is 5.82 Å². The third-order valence-corrected chi connectivity index (χ3v) is 3.65. The van der Waals surface area contributed by atoms with Gasteiger partial charge in [0, 0.05) is 17.8 Å². The summed E-state index contributed by atoms with van der Waals surface area (Å²) in [6.45, 7) is 0.146. The van der Waals surface area contributed by atoms with Gasteiger partial charge in [0.2, 0.25) is 0 Å². The Bertz CT molecular complexity index is 449. The van der Waals surface area contributed by atoms with E-state index in [0.717, 1.165) is 6.04 Å². The number of halogens is 1. The summed E-state index contributed by atoms with van der Waals surface area (Å²) in [5, 5.41) is 6.32. The molecule has 0 unspecified atom stereocenters. The lowest BCUT2D eigenvalue weighted by Gasteiger charge is -2.20. The number of hydrogen-bond acceptors (Lipinski definition) is 5. The molecule has 1 saturated carbocycles. The molecule has 0 bridgehead atoms. The molecule has 21 heavy (non-hydrogen) atoms. The van der Waals surface area contributed by atoms with Crippen LogP contribution in [-0.4, -0.2) is 37.2 Å². The lowest BCUT2D eigenvalue weighted by Crippen LogP contribution is -2.26. The van der Waals surface area contributed by atoms with Crippen LogP contribution in [0.25, 0.3) is 0 Å². The minimum atomic E-state index is 0.146. The average molecular weight is 312 g/mol. The number of carbonyl (C=O) groups is 2. The zero-order valence-electron chi connectivity index (χ0n) is 12.3. The maximum absolute atomic E-state index is 10.3. The fourth-order valence-corrected chi connectivity index (χ4v) is 2.42. The first kappa shape index (κ1) is 17.6. The number of hydrogen-bond donors (Lipinski definition) is 2. The molecule has 0 radical (unpaired) electrons. The van der Waals surface area contributed by atoms with Crippen molar-refractivity contribution in [1.29, 1.82) is 0 Å². The molecule has 0 saturated heterocycles. The van der Waals surface area contributed by atoms with Crippen molar-refractivity contribution in [3.63, 3.8) is 0 Å². The van der Waals surface area contributed by atoms with Gasteiger partial charge in [0.15, 0.2) is 6.29 Å². The van der Waals surface area contributed by atoms with E-state index in [9.17, 15) is 9.59 Å². The molecule has 0 aromatic carbocycles. The normalized spacial score (nSPS) is 14.8. The van der Waals surface area contributed by atoms with E-state index in [4.69, 9.17) is 11.6 Å². The second-order valence-electron chi connectivity index (χ2n) is 4.89. The van der Waals surface area contributed by atoms with Gasteiger partial charge in [-0.2, -0.15) is 0 Å². The van der Waals surface area contributed by atoms with Crippen molar-refractivity contribution in [3.8, 4) is 0 Å². The molecule has 5 nitrogen and oxygen atoms in total. The molecular weight excluding hydrogens is 290 g/mol. The highest BCUT2D eigenvalue weighted by molar-refractivity contribution is 6.33. The summed E-state index contributed by atoms with van der Waals surface area (Å²) >= 11 is 5.74. The highest BCUT2D eigenvalue weighted by Gasteiger charge is 2.09. The number of pyridine rings is 1. The summed E-state index contributed by atoms with van der Waals surface area (Å²) in [7, 11) is 2.07. The summed E-state index contributed by atoms with van der Waals surface area (Å²) in [5.74, 6) is 0.402. The van der Waals surface area contributed by atoms with Crippen LogP contribution < -0.4 is 10.6 Å². The minimum Gasteiger partial charge on any atom is -0.362 e. The molecule has 1 aliphatic carbocycles. The number of rotatable bonds is 5. The predicted octanol–water partition coefficient (Wildman–Crippen LogP) is 2.70. The summed E-state index contributed by atoms with van der Waals surface area (Å²) < 4.78 is 0. The van der Waals surface area contributed by atoms with Gasteiger partial charge in [0.05, 0.1) is 11.6 Å². The topological polar surface area (TPSA) is 71.1 Å². The number of nitrogens with one attached hydrogen (secondary N) is 2. The van der Waals surface area contributed by atoms with Crippen molar-refractivity contribution >= 4 is 30.0 Å². The Labute approximate surface area is 130 Å². The lowest BCUT2D eigenvalue weighted by molar-refractivity contribution is -0.106. The molecule has 2 rings (SSSR count). The Balaban J connectivity index is 0.000000235. The SMILES string of the molecule is CNC1CCCCC1.O=CCNc1ncc(C=O)cc1Cl. The summed E-state index contributed by atoms with van der Waals surface area (Å²) in [6, 6.07) is 2.32. The quantitative estimate of drug-likeness (QED) is 0.818. The smallest absolute Gasteiger partial charge is 0.151 e. The standard InChI is InChI=1S/C8H7ClN2O2.C7H15N/c9-7-3-6(5-13)4-11-8(7)10-1-2-12;1-8-7-5-3-2-4-6-7/h2-5H,1H2,(H,10,11);7-8H,2-6H2,1H3. The van der Waals surface area contributed by atoms with Crippen molar-refractivity contribution in [1.82, 2.24) is 10.3 Å². The molecule has 0 atom stereocenters. The average Bonchev–Trinajstić information content (AvgIpc) is 2.55. The zero-order chi connectivity index (χ0) is 15.5. The van der Waals surface area contributed by atoms with Crippen LogP contribution in [0.2, 0.25) is 5.02 Å². The molecule has 1 aliphatic rings. The van der Waals surface area contributed by atoms with E-state index in [2.05, 4.69) is 22.7 Å². The van der Waals surface area contributed by atoms with Gasteiger partial charge in [-0.3, -0.25) is 4.79 Å². The van der Waals surface area contributed by atoms with E-state index in [1.165, 1.54) is 44.4 Å². The van der Waals surface area contributed by atoms with E-state index in [1.54, 1.807) is 0 Å². The van der Waals surface area contributed by atoms with E-state index in [0.29, 0.717) is 29.0 Å². The van der Waals surface area contributed by atoms with E-state index >= 15 is 0 Å². The van der Waals surface area contributed by atoms with Gasteiger partial charge in [-0.05, 0) is 26.0 Å².